The lowest BCUT2D eigenvalue weighted by Gasteiger charge is -2.10. The Bertz CT molecular complexity index is 413. The smallest absolute Gasteiger partial charge is 0.387 e. The van der Waals surface area contributed by atoms with Gasteiger partial charge >= 0.3 is 6.61 Å². The van der Waals surface area contributed by atoms with Crippen LogP contribution >= 0.6 is 0 Å². The summed E-state index contributed by atoms with van der Waals surface area (Å²) in [4.78, 5) is 0. The lowest BCUT2D eigenvalue weighted by atomic mass is 10.1. The topological polar surface area (TPSA) is 44.5 Å². The molecule has 2 N–H and O–H groups in total. The quantitative estimate of drug-likeness (QED) is 0.851. The van der Waals surface area contributed by atoms with Crippen molar-refractivity contribution in [3.63, 3.8) is 0 Å². The van der Waals surface area contributed by atoms with Crippen molar-refractivity contribution in [3.8, 4) is 11.5 Å². The highest BCUT2D eigenvalue weighted by molar-refractivity contribution is 5.58. The van der Waals surface area contributed by atoms with Crippen LogP contribution in [0.15, 0.2) is 23.8 Å². The summed E-state index contributed by atoms with van der Waals surface area (Å²) in [7, 11) is 1.41. The molecule has 0 heterocycles. The normalized spacial score (nSPS) is 11.8. The van der Waals surface area contributed by atoms with Crippen molar-refractivity contribution in [2.24, 2.45) is 5.73 Å². The van der Waals surface area contributed by atoms with Crippen molar-refractivity contribution in [2.75, 3.05) is 13.7 Å². The molecule has 0 saturated carbocycles. The molecule has 1 rings (SSSR count). The van der Waals surface area contributed by atoms with Crippen molar-refractivity contribution >= 4 is 6.08 Å². The zero-order valence-electron chi connectivity index (χ0n) is 10.5. The van der Waals surface area contributed by atoms with E-state index in [4.69, 9.17) is 10.5 Å². The number of hydrogen-bond acceptors (Lipinski definition) is 3. The lowest BCUT2D eigenvalue weighted by Crippen LogP contribution is -2.04. The molecule has 0 aliphatic heterocycles. The maximum atomic E-state index is 12.2. The van der Waals surface area contributed by atoms with E-state index in [0.717, 1.165) is 17.6 Å². The third-order valence-corrected chi connectivity index (χ3v) is 2.49. The average molecular weight is 257 g/mol. The Morgan fingerprint density at radius 1 is 1.39 bits per heavy atom. The lowest BCUT2D eigenvalue weighted by molar-refractivity contribution is -0.0512. The monoisotopic (exact) mass is 257 g/mol. The largest absolute Gasteiger partial charge is 0.493 e. The number of methoxy groups -OCH3 is 1. The number of halogens is 2. The van der Waals surface area contributed by atoms with Gasteiger partial charge in [-0.3, -0.25) is 0 Å². The average Bonchev–Trinajstić information content (AvgIpc) is 2.36. The predicted octanol–water partition coefficient (Wildman–Crippen LogP) is 3.05. The first-order valence-electron chi connectivity index (χ1n) is 5.63. The summed E-state index contributed by atoms with van der Waals surface area (Å²) in [5.74, 6) is 0.298. The second kappa shape index (κ2) is 6.96. The summed E-state index contributed by atoms with van der Waals surface area (Å²) < 4.78 is 33.7. The highest BCUT2D eigenvalue weighted by atomic mass is 19.3. The van der Waals surface area contributed by atoms with Crippen LogP contribution in [0.5, 0.6) is 11.5 Å². The molecule has 3 nitrogen and oxygen atoms in total. The molecule has 0 aliphatic rings. The highest BCUT2D eigenvalue weighted by Crippen LogP contribution is 2.30. The van der Waals surface area contributed by atoms with Gasteiger partial charge in [0, 0.05) is 6.54 Å². The Morgan fingerprint density at radius 3 is 2.61 bits per heavy atom. The summed E-state index contributed by atoms with van der Waals surface area (Å²) in [6, 6.07) is 4.79. The Morgan fingerprint density at radius 2 is 2.11 bits per heavy atom. The predicted molar refractivity (Wildman–Crippen MR) is 66.9 cm³/mol. The third-order valence-electron chi connectivity index (χ3n) is 2.49. The van der Waals surface area contributed by atoms with Gasteiger partial charge in [0.25, 0.3) is 0 Å². The maximum absolute atomic E-state index is 12.2. The Labute approximate surface area is 105 Å². The van der Waals surface area contributed by atoms with Gasteiger partial charge in [-0.1, -0.05) is 24.6 Å². The molecule has 0 fully saturated rings. The van der Waals surface area contributed by atoms with Gasteiger partial charge < -0.3 is 15.2 Å². The number of benzene rings is 1. The van der Waals surface area contributed by atoms with E-state index in [1.807, 2.05) is 13.0 Å². The summed E-state index contributed by atoms with van der Waals surface area (Å²) in [5.41, 5.74) is 7.49. The van der Waals surface area contributed by atoms with Gasteiger partial charge in [-0.05, 0) is 24.1 Å². The molecule has 100 valence electrons. The van der Waals surface area contributed by atoms with Gasteiger partial charge in [0.2, 0.25) is 0 Å². The van der Waals surface area contributed by atoms with E-state index < -0.39 is 6.61 Å². The number of alkyl halides is 2. The summed E-state index contributed by atoms with van der Waals surface area (Å²) in [6.07, 6.45) is 2.75. The van der Waals surface area contributed by atoms with Crippen LogP contribution in [-0.4, -0.2) is 20.3 Å². The van der Waals surface area contributed by atoms with Crippen molar-refractivity contribution in [1.82, 2.24) is 0 Å². The van der Waals surface area contributed by atoms with Gasteiger partial charge in [0.05, 0.1) is 7.11 Å². The van der Waals surface area contributed by atoms with Gasteiger partial charge in [-0.15, -0.1) is 0 Å². The molecular weight excluding hydrogens is 240 g/mol. The van der Waals surface area contributed by atoms with Crippen molar-refractivity contribution in [3.05, 3.63) is 29.3 Å². The van der Waals surface area contributed by atoms with Gasteiger partial charge in [0.1, 0.15) is 0 Å². The first-order chi connectivity index (χ1) is 8.60. The number of rotatable bonds is 6. The van der Waals surface area contributed by atoms with Crippen LogP contribution in [0.1, 0.15) is 18.9 Å². The SMILES string of the molecule is CCC(=Cc1ccc(OC(F)F)c(OC)c1)CN. The van der Waals surface area contributed by atoms with E-state index >= 15 is 0 Å². The van der Waals surface area contributed by atoms with Crippen LogP contribution in [0.3, 0.4) is 0 Å². The second-order valence-electron chi connectivity index (χ2n) is 3.65. The molecule has 0 aliphatic carbocycles. The Balaban J connectivity index is 3.01. The van der Waals surface area contributed by atoms with Crippen LogP contribution in [0, 0.1) is 0 Å². The molecule has 1 aromatic carbocycles. The number of hydrogen-bond donors (Lipinski definition) is 1. The minimum absolute atomic E-state index is 0.0236. The van der Waals surface area contributed by atoms with Crippen LogP contribution < -0.4 is 15.2 Å². The molecule has 0 unspecified atom stereocenters. The fraction of sp³-hybridized carbons (Fsp3) is 0.385. The molecule has 18 heavy (non-hydrogen) atoms. The summed E-state index contributed by atoms with van der Waals surface area (Å²) in [6.45, 7) is -0.395. The van der Waals surface area contributed by atoms with Crippen LogP contribution in [-0.2, 0) is 0 Å². The minimum Gasteiger partial charge on any atom is -0.493 e. The number of ether oxygens (including phenoxy) is 2. The zero-order valence-corrected chi connectivity index (χ0v) is 10.5. The second-order valence-corrected chi connectivity index (χ2v) is 3.65. The first-order valence-corrected chi connectivity index (χ1v) is 5.63. The molecule has 1 aromatic rings. The molecule has 0 saturated heterocycles. The van der Waals surface area contributed by atoms with Crippen molar-refractivity contribution in [2.45, 2.75) is 20.0 Å². The fourth-order valence-corrected chi connectivity index (χ4v) is 1.51. The first kappa shape index (κ1) is 14.4. The number of nitrogens with two attached hydrogens (primary N) is 1. The molecular formula is C13H17F2NO2. The van der Waals surface area contributed by atoms with Crippen LogP contribution in [0.25, 0.3) is 6.08 Å². The maximum Gasteiger partial charge on any atom is 0.387 e. The zero-order chi connectivity index (χ0) is 13.5. The third kappa shape index (κ3) is 4.00. The molecule has 0 atom stereocenters. The molecule has 5 heteroatoms. The van der Waals surface area contributed by atoms with Gasteiger partial charge in [-0.25, -0.2) is 0 Å². The Hall–Kier alpha value is -1.62. The standard InChI is InChI=1S/C13H17F2NO2/c1-3-9(8-16)6-10-4-5-11(18-13(14)15)12(7-10)17-2/h4-7,13H,3,8,16H2,1-2H3. The van der Waals surface area contributed by atoms with E-state index in [2.05, 4.69) is 4.74 Å². The molecule has 0 aromatic heterocycles. The van der Waals surface area contributed by atoms with Crippen molar-refractivity contribution < 1.29 is 18.3 Å². The van der Waals surface area contributed by atoms with Crippen LogP contribution in [0.4, 0.5) is 8.78 Å². The van der Waals surface area contributed by atoms with Gasteiger partial charge in [0.15, 0.2) is 11.5 Å². The van der Waals surface area contributed by atoms with E-state index in [-0.39, 0.29) is 11.5 Å². The summed E-state index contributed by atoms with van der Waals surface area (Å²) in [5, 5.41) is 0. The van der Waals surface area contributed by atoms with E-state index in [1.165, 1.54) is 13.2 Å². The summed E-state index contributed by atoms with van der Waals surface area (Å²) >= 11 is 0. The molecule has 0 amide bonds. The molecule has 0 radical (unpaired) electrons. The van der Waals surface area contributed by atoms with Gasteiger partial charge in [-0.2, -0.15) is 8.78 Å². The van der Waals surface area contributed by atoms with Crippen molar-refractivity contribution in [1.29, 1.82) is 0 Å². The molecule has 0 bridgehead atoms. The van der Waals surface area contributed by atoms with E-state index in [1.54, 1.807) is 12.1 Å². The molecule has 0 spiro atoms. The highest BCUT2D eigenvalue weighted by Gasteiger charge is 2.10. The minimum atomic E-state index is -2.87. The van der Waals surface area contributed by atoms with E-state index in [9.17, 15) is 8.78 Å². The van der Waals surface area contributed by atoms with Crippen LogP contribution in [0.2, 0.25) is 0 Å². The fourth-order valence-electron chi connectivity index (χ4n) is 1.51. The Kier molecular flexibility index (Phi) is 5.58. The van der Waals surface area contributed by atoms with E-state index in [0.29, 0.717) is 6.54 Å².